The SMILES string of the molecule is CNC(CN1CCCCC1C)(C(N)=O)c1ccccc1. The number of hydrogen-bond donors (Lipinski definition) is 2. The number of nitrogens with zero attached hydrogens (tertiary/aromatic N) is 1. The standard InChI is InChI=1S/C16H25N3O/c1-13-8-6-7-11-19(13)12-16(18-2,15(17)20)14-9-4-3-5-10-14/h3-5,9-10,13,18H,6-8,11-12H2,1-2H3,(H2,17,20). The van der Waals surface area contributed by atoms with Gasteiger partial charge in [-0.1, -0.05) is 36.8 Å². The molecule has 110 valence electrons. The van der Waals surface area contributed by atoms with Crippen molar-refractivity contribution in [3.8, 4) is 0 Å². The van der Waals surface area contributed by atoms with Gasteiger partial charge in [-0.2, -0.15) is 0 Å². The zero-order valence-electron chi connectivity index (χ0n) is 12.4. The van der Waals surface area contributed by atoms with Crippen LogP contribution in [-0.2, 0) is 10.3 Å². The van der Waals surface area contributed by atoms with Crippen molar-refractivity contribution in [2.45, 2.75) is 37.8 Å². The van der Waals surface area contributed by atoms with Crippen LogP contribution >= 0.6 is 0 Å². The van der Waals surface area contributed by atoms with Crippen molar-refractivity contribution < 1.29 is 4.79 Å². The van der Waals surface area contributed by atoms with Crippen LogP contribution in [0.2, 0.25) is 0 Å². The molecule has 2 unspecified atom stereocenters. The lowest BCUT2D eigenvalue weighted by molar-refractivity contribution is -0.126. The maximum atomic E-state index is 12.2. The fourth-order valence-corrected chi connectivity index (χ4v) is 3.08. The number of hydrogen-bond acceptors (Lipinski definition) is 3. The molecule has 0 spiro atoms. The normalized spacial score (nSPS) is 23.2. The molecule has 1 aliphatic heterocycles. The molecule has 0 aromatic heterocycles. The molecule has 1 aliphatic rings. The van der Waals surface area contributed by atoms with Crippen LogP contribution in [0.15, 0.2) is 30.3 Å². The number of carbonyl (C=O) groups is 1. The molecule has 1 aromatic rings. The van der Waals surface area contributed by atoms with E-state index < -0.39 is 5.54 Å². The zero-order chi connectivity index (χ0) is 14.6. The van der Waals surface area contributed by atoms with E-state index in [1.165, 1.54) is 19.3 Å². The largest absolute Gasteiger partial charge is 0.368 e. The number of piperidine rings is 1. The van der Waals surface area contributed by atoms with Gasteiger partial charge in [-0.15, -0.1) is 0 Å². The first-order valence-electron chi connectivity index (χ1n) is 7.38. The molecule has 1 aromatic carbocycles. The minimum Gasteiger partial charge on any atom is -0.368 e. The van der Waals surface area contributed by atoms with E-state index in [0.29, 0.717) is 12.6 Å². The molecule has 4 heteroatoms. The Kier molecular flexibility index (Phi) is 4.78. The summed E-state index contributed by atoms with van der Waals surface area (Å²) in [5, 5.41) is 3.18. The van der Waals surface area contributed by atoms with Crippen LogP contribution in [-0.4, -0.2) is 37.0 Å². The van der Waals surface area contributed by atoms with Crippen molar-refractivity contribution in [3.05, 3.63) is 35.9 Å². The third-order valence-corrected chi connectivity index (χ3v) is 4.49. The Hall–Kier alpha value is -1.39. The Bertz CT molecular complexity index is 448. The second kappa shape index (κ2) is 6.37. The lowest BCUT2D eigenvalue weighted by Crippen LogP contribution is -2.59. The van der Waals surface area contributed by atoms with Crippen LogP contribution in [0.25, 0.3) is 0 Å². The Labute approximate surface area is 121 Å². The van der Waals surface area contributed by atoms with Crippen molar-refractivity contribution in [1.82, 2.24) is 10.2 Å². The Morgan fingerprint density at radius 3 is 2.65 bits per heavy atom. The van der Waals surface area contributed by atoms with Crippen molar-refractivity contribution in [2.24, 2.45) is 5.73 Å². The first kappa shape index (κ1) is 15.0. The summed E-state index contributed by atoms with van der Waals surface area (Å²) >= 11 is 0. The third-order valence-electron chi connectivity index (χ3n) is 4.49. The average molecular weight is 275 g/mol. The van der Waals surface area contributed by atoms with E-state index in [4.69, 9.17) is 5.73 Å². The van der Waals surface area contributed by atoms with Gasteiger partial charge in [0.1, 0.15) is 5.54 Å². The van der Waals surface area contributed by atoms with Crippen LogP contribution < -0.4 is 11.1 Å². The lowest BCUT2D eigenvalue weighted by Gasteiger charge is -2.41. The molecule has 0 saturated carbocycles. The van der Waals surface area contributed by atoms with E-state index in [-0.39, 0.29) is 5.91 Å². The fraction of sp³-hybridized carbons (Fsp3) is 0.562. The van der Waals surface area contributed by atoms with E-state index >= 15 is 0 Å². The van der Waals surface area contributed by atoms with Crippen LogP contribution in [0.3, 0.4) is 0 Å². The summed E-state index contributed by atoms with van der Waals surface area (Å²) in [6, 6.07) is 10.3. The second-order valence-corrected chi connectivity index (χ2v) is 5.70. The zero-order valence-corrected chi connectivity index (χ0v) is 12.4. The van der Waals surface area contributed by atoms with Gasteiger partial charge < -0.3 is 11.1 Å². The van der Waals surface area contributed by atoms with Crippen LogP contribution in [0.4, 0.5) is 0 Å². The van der Waals surface area contributed by atoms with Gasteiger partial charge in [-0.25, -0.2) is 0 Å². The number of primary amides is 1. The summed E-state index contributed by atoms with van der Waals surface area (Å²) < 4.78 is 0. The Morgan fingerprint density at radius 2 is 2.10 bits per heavy atom. The summed E-state index contributed by atoms with van der Waals surface area (Å²) in [4.78, 5) is 14.5. The van der Waals surface area contributed by atoms with Crippen LogP contribution in [0.1, 0.15) is 31.7 Å². The molecule has 1 heterocycles. The first-order chi connectivity index (χ1) is 9.60. The van der Waals surface area contributed by atoms with E-state index in [2.05, 4.69) is 17.1 Å². The number of benzene rings is 1. The predicted octanol–water partition coefficient (Wildman–Crippen LogP) is 1.46. The highest BCUT2D eigenvalue weighted by Crippen LogP contribution is 2.26. The number of nitrogens with one attached hydrogen (secondary N) is 1. The molecule has 3 N–H and O–H groups in total. The Morgan fingerprint density at radius 1 is 1.40 bits per heavy atom. The number of carbonyl (C=O) groups excluding carboxylic acids is 1. The highest BCUT2D eigenvalue weighted by molar-refractivity contribution is 5.86. The van der Waals surface area contributed by atoms with Gasteiger partial charge in [-0.3, -0.25) is 9.69 Å². The molecular formula is C16H25N3O. The monoisotopic (exact) mass is 275 g/mol. The molecule has 20 heavy (non-hydrogen) atoms. The maximum Gasteiger partial charge on any atom is 0.243 e. The minimum atomic E-state index is -0.813. The van der Waals surface area contributed by atoms with E-state index in [0.717, 1.165) is 12.1 Å². The summed E-state index contributed by atoms with van der Waals surface area (Å²) in [5.74, 6) is -0.316. The first-order valence-corrected chi connectivity index (χ1v) is 7.38. The number of likely N-dealkylation sites (N-methyl/N-ethyl adjacent to an activating group) is 1. The third kappa shape index (κ3) is 2.86. The summed E-state index contributed by atoms with van der Waals surface area (Å²) in [7, 11) is 1.81. The van der Waals surface area contributed by atoms with Gasteiger partial charge in [0.2, 0.25) is 5.91 Å². The molecule has 1 amide bonds. The van der Waals surface area contributed by atoms with Crippen molar-refractivity contribution in [3.63, 3.8) is 0 Å². The molecule has 2 atom stereocenters. The van der Waals surface area contributed by atoms with E-state index in [1.54, 1.807) is 0 Å². The van der Waals surface area contributed by atoms with Gasteiger partial charge in [0.15, 0.2) is 0 Å². The molecule has 0 bridgehead atoms. The highest BCUT2D eigenvalue weighted by atomic mass is 16.1. The smallest absolute Gasteiger partial charge is 0.243 e. The predicted molar refractivity (Wildman–Crippen MR) is 81.3 cm³/mol. The van der Waals surface area contributed by atoms with Gasteiger partial charge in [0, 0.05) is 12.6 Å². The Balaban J connectivity index is 2.30. The minimum absolute atomic E-state index is 0.316. The molecule has 0 radical (unpaired) electrons. The summed E-state index contributed by atoms with van der Waals surface area (Å²) in [5.41, 5.74) is 5.87. The topological polar surface area (TPSA) is 58.4 Å². The van der Waals surface area contributed by atoms with Crippen molar-refractivity contribution >= 4 is 5.91 Å². The number of nitrogens with two attached hydrogens (primary N) is 1. The molecule has 2 rings (SSSR count). The van der Waals surface area contributed by atoms with Gasteiger partial charge >= 0.3 is 0 Å². The molecule has 1 saturated heterocycles. The number of likely N-dealkylation sites (tertiary alicyclic amines) is 1. The number of rotatable bonds is 5. The maximum absolute atomic E-state index is 12.2. The van der Waals surface area contributed by atoms with Gasteiger partial charge in [-0.05, 0) is 38.9 Å². The fourth-order valence-electron chi connectivity index (χ4n) is 3.08. The van der Waals surface area contributed by atoms with Gasteiger partial charge in [0.05, 0.1) is 0 Å². The van der Waals surface area contributed by atoms with E-state index in [9.17, 15) is 4.79 Å². The average Bonchev–Trinajstić information content (AvgIpc) is 2.47. The lowest BCUT2D eigenvalue weighted by atomic mass is 9.87. The second-order valence-electron chi connectivity index (χ2n) is 5.70. The van der Waals surface area contributed by atoms with Gasteiger partial charge in [0.25, 0.3) is 0 Å². The summed E-state index contributed by atoms with van der Waals surface area (Å²) in [6.07, 6.45) is 3.65. The van der Waals surface area contributed by atoms with Crippen LogP contribution in [0.5, 0.6) is 0 Å². The van der Waals surface area contributed by atoms with Crippen molar-refractivity contribution in [1.29, 1.82) is 0 Å². The quantitative estimate of drug-likeness (QED) is 0.855. The van der Waals surface area contributed by atoms with E-state index in [1.807, 2.05) is 37.4 Å². The molecule has 4 nitrogen and oxygen atoms in total. The molecule has 1 fully saturated rings. The van der Waals surface area contributed by atoms with Crippen LogP contribution in [0, 0.1) is 0 Å². The summed E-state index contributed by atoms with van der Waals surface area (Å²) in [6.45, 7) is 3.89. The highest BCUT2D eigenvalue weighted by Gasteiger charge is 2.39. The number of amides is 1. The molecule has 0 aliphatic carbocycles. The van der Waals surface area contributed by atoms with Crippen molar-refractivity contribution in [2.75, 3.05) is 20.1 Å². The molecular weight excluding hydrogens is 250 g/mol.